The number of amides is 2. The number of aromatic nitrogens is 4. The van der Waals surface area contributed by atoms with Gasteiger partial charge >= 0.3 is 12.2 Å². The van der Waals surface area contributed by atoms with Gasteiger partial charge in [-0.15, -0.1) is 0 Å². The Kier molecular flexibility index (Phi) is 13.8. The zero-order chi connectivity index (χ0) is 33.3. The molecule has 4 heterocycles. The molecule has 6 rings (SSSR count). The summed E-state index contributed by atoms with van der Waals surface area (Å²) >= 11 is 5.07. The fraction of sp³-hybridized carbons (Fsp3) is 0.333. The molecule has 49 heavy (non-hydrogen) atoms. The minimum Gasteiger partial charge on any atom is -0.493 e. The van der Waals surface area contributed by atoms with E-state index in [9.17, 15) is 9.59 Å². The number of nitrogens with zero attached hydrogens (tertiary/aromatic N) is 3. The van der Waals surface area contributed by atoms with E-state index in [0.29, 0.717) is 31.1 Å². The number of carbonyl (C=O) groups is 2. The highest BCUT2D eigenvalue weighted by molar-refractivity contribution is 7.71. The number of anilines is 2. The highest BCUT2D eigenvalue weighted by Crippen LogP contribution is 2.38. The lowest BCUT2D eigenvalue weighted by Crippen LogP contribution is -2.30. The van der Waals surface area contributed by atoms with Crippen molar-refractivity contribution < 1.29 is 28.5 Å². The molecule has 2 aromatic carbocycles. The van der Waals surface area contributed by atoms with Gasteiger partial charge in [0.15, 0.2) is 4.77 Å². The van der Waals surface area contributed by atoms with E-state index in [-0.39, 0.29) is 27.0 Å². The average molecular weight is 691 g/mol. The SMILES string of the molecule is C.C.CCN(C(=O)OC)c1ccc2c(c1)/C(=C/c1c[nH]c(=S)[nH]1)CCO2.CCN(C(=O)OC)c1ccc2c(c1)/C(=C/c1cnc[nH]1)CCO2. The maximum Gasteiger partial charge on any atom is 0.413 e. The Morgan fingerprint density at radius 2 is 1.35 bits per heavy atom. The van der Waals surface area contributed by atoms with Crippen LogP contribution in [0.25, 0.3) is 23.3 Å². The number of H-pyrrole nitrogens is 3. The van der Waals surface area contributed by atoms with E-state index in [2.05, 4.69) is 26.0 Å². The Bertz CT molecular complexity index is 1830. The van der Waals surface area contributed by atoms with Gasteiger partial charge in [-0.2, -0.15) is 0 Å². The third-order valence-electron chi connectivity index (χ3n) is 7.72. The van der Waals surface area contributed by atoms with E-state index in [1.807, 2.05) is 62.5 Å². The zero-order valence-corrected chi connectivity index (χ0v) is 27.6. The highest BCUT2D eigenvalue weighted by Gasteiger charge is 2.22. The molecule has 0 aliphatic carbocycles. The summed E-state index contributed by atoms with van der Waals surface area (Å²) in [7, 11) is 2.77. The molecule has 13 heteroatoms. The molecule has 3 N–H and O–H groups in total. The normalized spacial score (nSPS) is 14.3. The first-order valence-corrected chi connectivity index (χ1v) is 15.7. The topological polar surface area (TPSA) is 138 Å². The molecule has 2 aromatic heterocycles. The van der Waals surface area contributed by atoms with Crippen molar-refractivity contribution in [2.24, 2.45) is 0 Å². The average Bonchev–Trinajstić information content (AvgIpc) is 3.77. The summed E-state index contributed by atoms with van der Waals surface area (Å²) in [6.07, 6.45) is 10.2. The van der Waals surface area contributed by atoms with Crippen molar-refractivity contribution in [1.82, 2.24) is 19.9 Å². The van der Waals surface area contributed by atoms with Crippen molar-refractivity contribution in [3.63, 3.8) is 0 Å². The molecule has 0 radical (unpaired) electrons. The number of fused-ring (bicyclic) bond motifs is 2. The molecule has 4 aromatic rings. The van der Waals surface area contributed by atoms with Crippen molar-refractivity contribution in [3.05, 3.63) is 82.4 Å². The Morgan fingerprint density at radius 1 is 0.837 bits per heavy atom. The van der Waals surface area contributed by atoms with Crippen molar-refractivity contribution in [2.75, 3.05) is 50.3 Å². The van der Waals surface area contributed by atoms with Gasteiger partial charge in [-0.1, -0.05) is 14.9 Å². The van der Waals surface area contributed by atoms with Gasteiger partial charge in [0, 0.05) is 54.6 Å². The Balaban J connectivity index is 0.000000255. The van der Waals surface area contributed by atoms with Crippen LogP contribution in [-0.4, -0.2) is 72.6 Å². The molecule has 2 aliphatic heterocycles. The van der Waals surface area contributed by atoms with Crippen LogP contribution in [0.2, 0.25) is 0 Å². The third kappa shape index (κ3) is 8.99. The van der Waals surface area contributed by atoms with Crippen molar-refractivity contribution >= 4 is 59.1 Å². The summed E-state index contributed by atoms with van der Waals surface area (Å²) in [6.45, 7) is 6.14. The minimum absolute atomic E-state index is 0. The molecule has 0 saturated heterocycles. The molecule has 0 atom stereocenters. The van der Waals surface area contributed by atoms with Crippen LogP contribution >= 0.6 is 12.2 Å². The van der Waals surface area contributed by atoms with Gasteiger partial charge in [0.2, 0.25) is 0 Å². The largest absolute Gasteiger partial charge is 0.493 e. The van der Waals surface area contributed by atoms with Crippen molar-refractivity contribution in [1.29, 1.82) is 0 Å². The van der Waals surface area contributed by atoms with E-state index in [1.54, 1.807) is 22.3 Å². The number of nitrogens with one attached hydrogen (secondary N) is 3. The molecule has 12 nitrogen and oxygen atoms in total. The molecule has 0 fully saturated rings. The molecule has 0 bridgehead atoms. The van der Waals surface area contributed by atoms with Gasteiger partial charge in [0.1, 0.15) is 11.5 Å². The molecule has 0 saturated carbocycles. The standard InChI is InChI=1S/C17H19N3O3S.C17H19N3O3.2CH4/c1-3-20(17(21)22-2)13-4-5-15-14(9-13)11(6-7-23-15)8-12-10-18-16(24)19-12;1-3-20(17(21)22-2)14-4-5-16-15(9-14)12(6-7-23-16)8-13-10-18-11-19-13;;/h4-5,8-10H,3,6-7H2,1-2H3,(H2,18,19,24);4-5,8-11H,3,6-7H2,1-2H3,(H,18,19);2*1H4/b11-8+;12-8+;;. The first-order chi connectivity index (χ1) is 22.8. The molecule has 0 spiro atoms. The predicted molar refractivity (Wildman–Crippen MR) is 198 cm³/mol. The van der Waals surface area contributed by atoms with E-state index >= 15 is 0 Å². The number of hydrogen-bond donors (Lipinski definition) is 3. The lowest BCUT2D eigenvalue weighted by atomic mass is 9.98. The van der Waals surface area contributed by atoms with Gasteiger partial charge in [0.25, 0.3) is 0 Å². The molecular formula is C36H46N6O6S. The van der Waals surface area contributed by atoms with E-state index < -0.39 is 0 Å². The van der Waals surface area contributed by atoms with Gasteiger partial charge in [0.05, 0.1) is 51.3 Å². The minimum atomic E-state index is -0.380. The molecular weight excluding hydrogens is 644 g/mol. The summed E-state index contributed by atoms with van der Waals surface area (Å²) in [6, 6.07) is 11.5. The number of hydrogen-bond acceptors (Lipinski definition) is 8. The number of ether oxygens (including phenoxy) is 4. The van der Waals surface area contributed by atoms with E-state index in [0.717, 1.165) is 69.4 Å². The third-order valence-corrected chi connectivity index (χ3v) is 7.94. The maximum absolute atomic E-state index is 11.9. The van der Waals surface area contributed by atoms with Crippen LogP contribution in [0.4, 0.5) is 21.0 Å². The number of benzene rings is 2. The lowest BCUT2D eigenvalue weighted by Gasteiger charge is -2.24. The zero-order valence-electron chi connectivity index (χ0n) is 26.8. The Morgan fingerprint density at radius 3 is 1.76 bits per heavy atom. The summed E-state index contributed by atoms with van der Waals surface area (Å²) in [5.41, 5.74) is 7.67. The number of methoxy groups -OCH3 is 2. The number of carbonyl (C=O) groups excluding carboxylic acids is 2. The fourth-order valence-corrected chi connectivity index (χ4v) is 5.61. The smallest absolute Gasteiger partial charge is 0.413 e. The van der Waals surface area contributed by atoms with Crippen LogP contribution < -0.4 is 19.3 Å². The second kappa shape index (κ2) is 17.7. The summed E-state index contributed by atoms with van der Waals surface area (Å²) in [4.78, 5) is 40.1. The molecule has 0 unspecified atom stereocenters. The Hall–Kier alpha value is -5.30. The fourth-order valence-electron chi connectivity index (χ4n) is 5.44. The molecule has 2 amide bonds. The summed E-state index contributed by atoms with van der Waals surface area (Å²) in [5.74, 6) is 1.64. The number of rotatable bonds is 6. The van der Waals surface area contributed by atoms with Gasteiger partial charge < -0.3 is 33.9 Å². The van der Waals surface area contributed by atoms with Gasteiger partial charge in [-0.05, 0) is 85.8 Å². The maximum atomic E-state index is 11.9. The van der Waals surface area contributed by atoms with Crippen molar-refractivity contribution in [3.8, 4) is 11.5 Å². The van der Waals surface area contributed by atoms with Crippen LogP contribution in [0.15, 0.2) is 55.1 Å². The summed E-state index contributed by atoms with van der Waals surface area (Å²) < 4.78 is 21.7. The number of aromatic amines is 3. The van der Waals surface area contributed by atoms with E-state index in [4.69, 9.17) is 31.2 Å². The quantitative estimate of drug-likeness (QED) is 0.171. The van der Waals surface area contributed by atoms with Crippen molar-refractivity contribution in [2.45, 2.75) is 41.5 Å². The monoisotopic (exact) mass is 690 g/mol. The van der Waals surface area contributed by atoms with Crippen LogP contribution in [-0.2, 0) is 9.47 Å². The van der Waals surface area contributed by atoms with Crippen LogP contribution in [0.1, 0.15) is 64.1 Å². The lowest BCUT2D eigenvalue weighted by molar-refractivity contribution is 0.178. The van der Waals surface area contributed by atoms with Crippen LogP contribution in [0.5, 0.6) is 11.5 Å². The predicted octanol–water partition coefficient (Wildman–Crippen LogP) is 8.59. The number of imidazole rings is 2. The first kappa shape index (κ1) is 38.2. The summed E-state index contributed by atoms with van der Waals surface area (Å²) in [5, 5.41) is 0. The van der Waals surface area contributed by atoms with Gasteiger partial charge in [-0.3, -0.25) is 9.80 Å². The van der Waals surface area contributed by atoms with Crippen LogP contribution in [0, 0.1) is 4.77 Å². The Labute approximate surface area is 292 Å². The van der Waals surface area contributed by atoms with E-state index in [1.165, 1.54) is 14.2 Å². The second-order valence-corrected chi connectivity index (χ2v) is 10.9. The van der Waals surface area contributed by atoms with Gasteiger partial charge in [-0.25, -0.2) is 14.6 Å². The molecule has 2 aliphatic rings. The second-order valence-electron chi connectivity index (χ2n) is 10.5. The van der Waals surface area contributed by atoms with Crippen LogP contribution in [0.3, 0.4) is 0 Å². The first-order valence-electron chi connectivity index (χ1n) is 15.3. The molecule has 262 valence electrons. The highest BCUT2D eigenvalue weighted by atomic mass is 32.1.